The van der Waals surface area contributed by atoms with Gasteiger partial charge in [-0.3, -0.25) is 4.79 Å². The van der Waals surface area contributed by atoms with E-state index in [0.717, 1.165) is 15.9 Å². The van der Waals surface area contributed by atoms with Crippen molar-refractivity contribution < 1.29 is 26.4 Å². The molecule has 0 unspecified atom stereocenters. The smallest absolute Gasteiger partial charge is 0.341 e. The number of carbonyl (C=O) groups excluding carboxylic acids is 1. The number of hydrogen-bond donors (Lipinski definition) is 0. The molecule has 0 aliphatic carbocycles. The Balaban J connectivity index is 1.78. The molecule has 1 amide bonds. The number of halogens is 3. The summed E-state index contributed by atoms with van der Waals surface area (Å²) in [5.41, 5.74) is 0.516. The van der Waals surface area contributed by atoms with Crippen LogP contribution in [-0.2, 0) is 40.5 Å². The molecule has 11 heteroatoms. The number of carbonyl (C=O) groups is 1. The summed E-state index contributed by atoms with van der Waals surface area (Å²) in [4.78, 5) is 18.6. The molecule has 0 aliphatic rings. The normalized spacial score (nSPS) is 12.5. The highest BCUT2D eigenvalue weighted by Gasteiger charge is 2.33. The van der Waals surface area contributed by atoms with Crippen molar-refractivity contribution in [1.82, 2.24) is 18.8 Å². The minimum absolute atomic E-state index is 0.0290. The van der Waals surface area contributed by atoms with Crippen LogP contribution in [0.1, 0.15) is 30.3 Å². The molecule has 1 heterocycles. The highest BCUT2D eigenvalue weighted by molar-refractivity contribution is 7.89. The lowest BCUT2D eigenvalue weighted by atomic mass is 10.1. The average molecular weight is 497 g/mol. The molecule has 1 aromatic heterocycles. The van der Waals surface area contributed by atoms with Gasteiger partial charge >= 0.3 is 6.18 Å². The molecule has 2 aromatic carbocycles. The fourth-order valence-corrected chi connectivity index (χ4v) is 4.68. The van der Waals surface area contributed by atoms with Crippen LogP contribution in [0.15, 0.2) is 47.4 Å². The molecule has 0 bridgehead atoms. The van der Waals surface area contributed by atoms with E-state index in [1.54, 1.807) is 6.07 Å². The summed E-state index contributed by atoms with van der Waals surface area (Å²) in [6.07, 6.45) is -4.18. The summed E-state index contributed by atoms with van der Waals surface area (Å²) >= 11 is 0. The summed E-state index contributed by atoms with van der Waals surface area (Å²) in [7, 11) is 0.751. The Hall–Kier alpha value is -2.92. The molecular formula is C23H27F3N4O3S. The van der Waals surface area contributed by atoms with Gasteiger partial charge in [-0.25, -0.2) is 17.7 Å². The van der Waals surface area contributed by atoms with Gasteiger partial charge in [-0.15, -0.1) is 0 Å². The number of fused-ring (bicyclic) bond motifs is 1. The quantitative estimate of drug-likeness (QED) is 0.474. The zero-order chi connectivity index (χ0) is 25.3. The van der Waals surface area contributed by atoms with Gasteiger partial charge in [0.25, 0.3) is 0 Å². The second-order valence-electron chi connectivity index (χ2n) is 8.11. The molecule has 0 aliphatic heterocycles. The predicted octanol–water partition coefficient (Wildman–Crippen LogP) is 3.92. The fourth-order valence-electron chi connectivity index (χ4n) is 3.76. The van der Waals surface area contributed by atoms with Crippen LogP contribution < -0.4 is 0 Å². The van der Waals surface area contributed by atoms with Crippen LogP contribution in [0.3, 0.4) is 0 Å². The number of rotatable bonds is 8. The zero-order valence-corrected chi connectivity index (χ0v) is 20.2. The van der Waals surface area contributed by atoms with E-state index in [2.05, 4.69) is 4.98 Å². The minimum atomic E-state index is -4.49. The lowest BCUT2D eigenvalue weighted by molar-refractivity contribution is -0.139. The molecule has 0 spiro atoms. The van der Waals surface area contributed by atoms with Gasteiger partial charge in [0.15, 0.2) is 0 Å². The Bertz CT molecular complexity index is 1300. The van der Waals surface area contributed by atoms with Crippen molar-refractivity contribution in [1.29, 1.82) is 0 Å². The van der Waals surface area contributed by atoms with Crippen LogP contribution in [0.25, 0.3) is 11.0 Å². The molecule has 0 fully saturated rings. The second kappa shape index (κ2) is 9.75. The standard InChI is InChI=1S/C23H27F3N4O3S/c1-5-30-20-11-10-17(34(32,33)28(2)3)14-19(20)27-21(30)12-13-22(31)29(4)15-16-8-6-7-9-18(16)23(24,25)26/h6-11,14H,5,12-13,15H2,1-4H3. The van der Waals surface area contributed by atoms with Crippen molar-refractivity contribution >= 4 is 27.0 Å². The third-order valence-electron chi connectivity index (χ3n) is 5.61. The molecule has 3 rings (SSSR count). The largest absolute Gasteiger partial charge is 0.416 e. The van der Waals surface area contributed by atoms with Crippen molar-refractivity contribution in [3.63, 3.8) is 0 Å². The number of aryl methyl sites for hydroxylation is 2. The van der Waals surface area contributed by atoms with Crippen LogP contribution in [0.4, 0.5) is 13.2 Å². The van der Waals surface area contributed by atoms with E-state index in [1.807, 2.05) is 11.5 Å². The van der Waals surface area contributed by atoms with Gasteiger partial charge in [-0.1, -0.05) is 18.2 Å². The Kier molecular flexibility index (Phi) is 7.37. The van der Waals surface area contributed by atoms with E-state index in [0.29, 0.717) is 17.9 Å². The number of sulfonamides is 1. The Morgan fingerprint density at radius 2 is 1.76 bits per heavy atom. The van der Waals surface area contributed by atoms with Crippen LogP contribution in [0.2, 0.25) is 0 Å². The first-order valence-corrected chi connectivity index (χ1v) is 12.1. The molecule has 0 radical (unpaired) electrons. The maximum atomic E-state index is 13.2. The first-order valence-electron chi connectivity index (χ1n) is 10.7. The molecule has 3 aromatic rings. The Labute approximate surface area is 196 Å². The van der Waals surface area contributed by atoms with Gasteiger partial charge in [0.05, 0.1) is 21.5 Å². The van der Waals surface area contributed by atoms with Gasteiger partial charge in [0.2, 0.25) is 15.9 Å². The Morgan fingerprint density at radius 3 is 2.38 bits per heavy atom. The van der Waals surface area contributed by atoms with Crippen LogP contribution in [0, 0.1) is 0 Å². The molecule has 0 saturated heterocycles. The van der Waals surface area contributed by atoms with E-state index >= 15 is 0 Å². The summed E-state index contributed by atoms with van der Waals surface area (Å²) < 4.78 is 67.6. The monoisotopic (exact) mass is 496 g/mol. The summed E-state index contributed by atoms with van der Waals surface area (Å²) in [6.45, 7) is 2.32. The van der Waals surface area contributed by atoms with Crippen molar-refractivity contribution in [2.45, 2.75) is 43.9 Å². The molecule has 184 valence electrons. The average Bonchev–Trinajstić information content (AvgIpc) is 3.13. The molecule has 0 N–H and O–H groups in total. The summed E-state index contributed by atoms with van der Waals surface area (Å²) in [5, 5.41) is 0. The number of nitrogens with zero attached hydrogens (tertiary/aromatic N) is 4. The Morgan fingerprint density at radius 1 is 1.09 bits per heavy atom. The highest BCUT2D eigenvalue weighted by atomic mass is 32.2. The highest BCUT2D eigenvalue weighted by Crippen LogP contribution is 2.32. The van der Waals surface area contributed by atoms with Crippen molar-refractivity contribution in [3.05, 3.63) is 59.4 Å². The van der Waals surface area contributed by atoms with Gasteiger partial charge in [-0.05, 0) is 36.8 Å². The number of hydrogen-bond acceptors (Lipinski definition) is 4. The molecule has 34 heavy (non-hydrogen) atoms. The van der Waals surface area contributed by atoms with Crippen molar-refractivity contribution in [2.75, 3.05) is 21.1 Å². The predicted molar refractivity (Wildman–Crippen MR) is 123 cm³/mol. The lowest BCUT2D eigenvalue weighted by Gasteiger charge is -2.20. The third-order valence-corrected chi connectivity index (χ3v) is 7.42. The number of benzene rings is 2. The number of imidazole rings is 1. The van der Waals surface area contributed by atoms with E-state index in [9.17, 15) is 26.4 Å². The van der Waals surface area contributed by atoms with Gasteiger partial charge in [-0.2, -0.15) is 13.2 Å². The molecule has 0 atom stereocenters. The molecular weight excluding hydrogens is 469 g/mol. The van der Waals surface area contributed by atoms with Crippen molar-refractivity contribution in [2.24, 2.45) is 0 Å². The molecule has 0 saturated carbocycles. The van der Waals surface area contributed by atoms with Crippen LogP contribution >= 0.6 is 0 Å². The van der Waals surface area contributed by atoms with Gasteiger partial charge in [0.1, 0.15) is 5.82 Å². The third kappa shape index (κ3) is 5.25. The second-order valence-corrected chi connectivity index (χ2v) is 10.3. The lowest BCUT2D eigenvalue weighted by Crippen LogP contribution is -2.28. The van der Waals surface area contributed by atoms with Gasteiger partial charge < -0.3 is 9.47 Å². The maximum Gasteiger partial charge on any atom is 0.416 e. The first-order chi connectivity index (χ1) is 15.9. The van der Waals surface area contributed by atoms with Gasteiger partial charge in [0, 0.05) is 47.1 Å². The first kappa shape index (κ1) is 25.7. The zero-order valence-electron chi connectivity index (χ0n) is 19.4. The fraction of sp³-hybridized carbons (Fsp3) is 0.391. The number of alkyl halides is 3. The maximum absolute atomic E-state index is 13.2. The SMILES string of the molecule is CCn1c(CCC(=O)N(C)Cc2ccccc2C(F)(F)F)nc2cc(S(=O)(=O)N(C)C)ccc21. The van der Waals surface area contributed by atoms with Crippen LogP contribution in [-0.4, -0.2) is 54.2 Å². The van der Waals surface area contributed by atoms with E-state index < -0.39 is 21.8 Å². The summed E-state index contributed by atoms with van der Waals surface area (Å²) in [6, 6.07) is 9.91. The minimum Gasteiger partial charge on any atom is -0.341 e. The molecule has 7 nitrogen and oxygen atoms in total. The van der Waals surface area contributed by atoms with E-state index in [4.69, 9.17) is 0 Å². The van der Waals surface area contributed by atoms with E-state index in [1.165, 1.54) is 56.4 Å². The van der Waals surface area contributed by atoms with Crippen LogP contribution in [0.5, 0.6) is 0 Å². The van der Waals surface area contributed by atoms with E-state index in [-0.39, 0.29) is 35.8 Å². The summed E-state index contributed by atoms with van der Waals surface area (Å²) in [5.74, 6) is 0.289. The van der Waals surface area contributed by atoms with Crippen molar-refractivity contribution in [3.8, 4) is 0 Å². The number of aromatic nitrogens is 2. The topological polar surface area (TPSA) is 75.5 Å². The number of amides is 1.